The second kappa shape index (κ2) is 3.97. The average molecular weight is 338 g/mol. The van der Waals surface area contributed by atoms with Gasteiger partial charge >= 0.3 is 0 Å². The van der Waals surface area contributed by atoms with Gasteiger partial charge in [0, 0.05) is 6.07 Å². The third kappa shape index (κ3) is 1.93. The lowest BCUT2D eigenvalue weighted by Crippen LogP contribution is -2.02. The molecule has 0 atom stereocenters. The molecule has 0 spiro atoms. The zero-order valence-corrected chi connectivity index (χ0v) is 10.3. The molecule has 15 heavy (non-hydrogen) atoms. The van der Waals surface area contributed by atoms with Crippen LogP contribution in [0.15, 0.2) is 24.4 Å². The second-order valence-electron chi connectivity index (χ2n) is 2.89. The number of nitrogens with zero attached hydrogens (tertiary/aromatic N) is 2. The van der Waals surface area contributed by atoms with Crippen LogP contribution in [0.1, 0.15) is 0 Å². The normalized spacial score (nSPS) is 10.6. The van der Waals surface area contributed by atoms with Crippen molar-refractivity contribution in [2.45, 2.75) is 0 Å². The summed E-state index contributed by atoms with van der Waals surface area (Å²) in [6.07, 6.45) is 1.61. The van der Waals surface area contributed by atoms with Crippen LogP contribution >= 0.6 is 34.2 Å². The second-order valence-corrected chi connectivity index (χ2v) is 4.46. The Hall–Kier alpha value is -0.820. The van der Waals surface area contributed by atoms with Gasteiger partial charge in [-0.3, -0.25) is 0 Å². The summed E-state index contributed by atoms with van der Waals surface area (Å²) in [5, 5.41) is 4.11. The molecule has 0 bridgehead atoms. The Bertz CT molecular complexity index is 512. The first-order valence-corrected chi connectivity index (χ1v) is 5.49. The average Bonchev–Trinajstić information content (AvgIpc) is 2.53. The lowest BCUT2D eigenvalue weighted by molar-refractivity contribution is 0.626. The Morgan fingerprint density at radius 2 is 2.20 bits per heavy atom. The van der Waals surface area contributed by atoms with Crippen LogP contribution in [0.2, 0.25) is 5.02 Å². The van der Waals surface area contributed by atoms with Crippen molar-refractivity contribution in [2.75, 3.05) is 5.73 Å². The standard InChI is InChI=1S/C9H6ClFIN3/c10-6-2-1-5(3-7(6)11)15-9(13)8(12)4-14-15/h1-4H,13H2. The number of nitrogen functional groups attached to an aromatic ring is 1. The van der Waals surface area contributed by atoms with Crippen molar-refractivity contribution in [3.63, 3.8) is 0 Å². The monoisotopic (exact) mass is 337 g/mol. The van der Waals surface area contributed by atoms with Crippen LogP contribution in [0.25, 0.3) is 5.69 Å². The van der Waals surface area contributed by atoms with E-state index in [1.54, 1.807) is 12.3 Å². The highest BCUT2D eigenvalue weighted by atomic mass is 127. The minimum atomic E-state index is -0.487. The number of hydrogen-bond donors (Lipinski definition) is 1. The first kappa shape index (κ1) is 10.7. The van der Waals surface area contributed by atoms with Crippen molar-refractivity contribution in [1.82, 2.24) is 9.78 Å². The maximum Gasteiger partial charge on any atom is 0.143 e. The van der Waals surface area contributed by atoms with E-state index in [2.05, 4.69) is 27.7 Å². The van der Waals surface area contributed by atoms with Crippen LogP contribution < -0.4 is 5.73 Å². The third-order valence-corrected chi connectivity index (χ3v) is 3.04. The van der Waals surface area contributed by atoms with Crippen LogP contribution in [0.5, 0.6) is 0 Å². The number of rotatable bonds is 1. The van der Waals surface area contributed by atoms with Gasteiger partial charge in [-0.15, -0.1) is 0 Å². The van der Waals surface area contributed by atoms with Gasteiger partial charge in [-0.2, -0.15) is 5.10 Å². The summed E-state index contributed by atoms with van der Waals surface area (Å²) in [6, 6.07) is 4.42. The molecule has 0 unspecified atom stereocenters. The number of anilines is 1. The lowest BCUT2D eigenvalue weighted by Gasteiger charge is -2.04. The van der Waals surface area contributed by atoms with Gasteiger partial charge in [0.2, 0.25) is 0 Å². The Morgan fingerprint density at radius 3 is 2.73 bits per heavy atom. The minimum Gasteiger partial charge on any atom is -0.383 e. The van der Waals surface area contributed by atoms with Gasteiger partial charge in [0.05, 0.1) is 20.5 Å². The summed E-state index contributed by atoms with van der Waals surface area (Å²) in [4.78, 5) is 0. The van der Waals surface area contributed by atoms with Gasteiger partial charge in [0.15, 0.2) is 0 Å². The first-order chi connectivity index (χ1) is 7.09. The molecular weight excluding hydrogens is 331 g/mol. The molecule has 1 aromatic heterocycles. The summed E-state index contributed by atoms with van der Waals surface area (Å²) in [7, 11) is 0. The van der Waals surface area contributed by atoms with Crippen LogP contribution in [-0.4, -0.2) is 9.78 Å². The zero-order valence-electron chi connectivity index (χ0n) is 7.42. The summed E-state index contributed by atoms with van der Waals surface area (Å²) in [6.45, 7) is 0. The molecule has 0 saturated carbocycles. The molecule has 3 nitrogen and oxygen atoms in total. The van der Waals surface area contributed by atoms with E-state index in [9.17, 15) is 4.39 Å². The number of nitrogens with two attached hydrogens (primary N) is 1. The highest BCUT2D eigenvalue weighted by molar-refractivity contribution is 14.1. The van der Waals surface area contributed by atoms with E-state index in [1.807, 2.05) is 0 Å². The Morgan fingerprint density at radius 1 is 1.47 bits per heavy atom. The lowest BCUT2D eigenvalue weighted by atomic mass is 10.3. The highest BCUT2D eigenvalue weighted by Gasteiger charge is 2.08. The number of hydrogen-bond acceptors (Lipinski definition) is 2. The van der Waals surface area contributed by atoms with Crippen molar-refractivity contribution < 1.29 is 4.39 Å². The van der Waals surface area contributed by atoms with Gasteiger partial charge < -0.3 is 5.73 Å². The van der Waals surface area contributed by atoms with Crippen LogP contribution in [-0.2, 0) is 0 Å². The minimum absolute atomic E-state index is 0.0826. The first-order valence-electron chi connectivity index (χ1n) is 4.04. The number of halogens is 3. The largest absolute Gasteiger partial charge is 0.383 e. The van der Waals surface area contributed by atoms with E-state index in [0.29, 0.717) is 11.5 Å². The van der Waals surface area contributed by atoms with Gasteiger partial charge in [-0.05, 0) is 34.7 Å². The van der Waals surface area contributed by atoms with Gasteiger partial charge in [0.1, 0.15) is 11.6 Å². The van der Waals surface area contributed by atoms with Crippen LogP contribution in [0.3, 0.4) is 0 Å². The molecule has 0 aliphatic carbocycles. The van der Waals surface area contributed by atoms with Gasteiger partial charge in [0.25, 0.3) is 0 Å². The van der Waals surface area contributed by atoms with Crippen molar-refractivity contribution in [3.8, 4) is 5.69 Å². The Kier molecular flexibility index (Phi) is 2.83. The molecule has 1 aromatic carbocycles. The molecule has 0 aliphatic rings. The molecular formula is C9H6ClFIN3. The summed E-state index contributed by atoms with van der Waals surface area (Å²) < 4.78 is 15.5. The zero-order chi connectivity index (χ0) is 11.0. The van der Waals surface area contributed by atoms with E-state index in [1.165, 1.54) is 16.8 Å². The molecule has 78 valence electrons. The predicted octanol–water partition coefficient (Wildman–Crippen LogP) is 2.85. The van der Waals surface area contributed by atoms with E-state index < -0.39 is 5.82 Å². The summed E-state index contributed by atoms with van der Waals surface area (Å²) >= 11 is 7.63. The van der Waals surface area contributed by atoms with Crippen LogP contribution in [0, 0.1) is 9.39 Å². The van der Waals surface area contributed by atoms with Crippen molar-refractivity contribution in [3.05, 3.63) is 38.8 Å². The van der Waals surface area contributed by atoms with E-state index >= 15 is 0 Å². The molecule has 0 amide bonds. The molecule has 0 saturated heterocycles. The Balaban J connectivity index is 2.55. The molecule has 2 aromatic rings. The molecule has 0 radical (unpaired) electrons. The smallest absolute Gasteiger partial charge is 0.143 e. The van der Waals surface area contributed by atoms with E-state index in [0.717, 1.165) is 3.57 Å². The van der Waals surface area contributed by atoms with Crippen LogP contribution in [0.4, 0.5) is 10.2 Å². The quantitative estimate of drug-likeness (QED) is 0.813. The molecule has 2 N–H and O–H groups in total. The maximum atomic E-state index is 13.2. The third-order valence-electron chi connectivity index (χ3n) is 1.91. The Labute approximate surface area is 104 Å². The van der Waals surface area contributed by atoms with Crippen molar-refractivity contribution in [2.24, 2.45) is 0 Å². The SMILES string of the molecule is Nc1c(I)cnn1-c1ccc(Cl)c(F)c1. The molecule has 0 fully saturated rings. The van der Waals surface area contributed by atoms with E-state index in [-0.39, 0.29) is 5.02 Å². The van der Waals surface area contributed by atoms with E-state index in [4.69, 9.17) is 17.3 Å². The van der Waals surface area contributed by atoms with Crippen molar-refractivity contribution in [1.29, 1.82) is 0 Å². The maximum absolute atomic E-state index is 13.2. The molecule has 0 aliphatic heterocycles. The number of aromatic nitrogens is 2. The highest BCUT2D eigenvalue weighted by Crippen LogP contribution is 2.22. The summed E-state index contributed by atoms with van der Waals surface area (Å²) in [5.41, 5.74) is 6.31. The fraction of sp³-hybridized carbons (Fsp3) is 0. The van der Waals surface area contributed by atoms with Gasteiger partial charge in [-0.1, -0.05) is 11.6 Å². The fourth-order valence-corrected chi connectivity index (χ4v) is 1.63. The summed E-state index contributed by atoms with van der Waals surface area (Å²) in [5.74, 6) is -0.00334. The molecule has 2 rings (SSSR count). The van der Waals surface area contributed by atoms with Crippen molar-refractivity contribution >= 4 is 40.0 Å². The molecule has 6 heteroatoms. The predicted molar refractivity (Wildman–Crippen MR) is 65.7 cm³/mol. The topological polar surface area (TPSA) is 43.8 Å². The number of benzene rings is 1. The molecule has 1 heterocycles. The van der Waals surface area contributed by atoms with Gasteiger partial charge in [-0.25, -0.2) is 9.07 Å². The fourth-order valence-electron chi connectivity index (χ4n) is 1.16.